The maximum absolute atomic E-state index is 4.80. The van der Waals surface area contributed by atoms with E-state index in [9.17, 15) is 0 Å². The fourth-order valence-electron chi connectivity index (χ4n) is 3.40. The summed E-state index contributed by atoms with van der Waals surface area (Å²) in [7, 11) is 0. The van der Waals surface area contributed by atoms with Crippen molar-refractivity contribution in [3.63, 3.8) is 0 Å². The Kier molecular flexibility index (Phi) is 10.5. The first-order valence-electron chi connectivity index (χ1n) is 9.67. The number of nitrogens with one attached hydrogen (secondary N) is 2. The molecule has 0 radical (unpaired) electrons. The third-order valence-corrected chi connectivity index (χ3v) is 5.07. The fourth-order valence-corrected chi connectivity index (χ4v) is 3.40. The molecule has 5 nitrogen and oxygen atoms in total. The minimum Gasteiger partial charge on any atom is -0.357 e. The molecule has 1 saturated carbocycles. The summed E-state index contributed by atoms with van der Waals surface area (Å²) >= 11 is 0. The summed E-state index contributed by atoms with van der Waals surface area (Å²) in [6.07, 6.45) is 5.19. The van der Waals surface area contributed by atoms with Gasteiger partial charge in [-0.15, -0.1) is 24.0 Å². The van der Waals surface area contributed by atoms with E-state index < -0.39 is 0 Å². The lowest BCUT2D eigenvalue weighted by Gasteiger charge is -2.35. The average molecular weight is 451 g/mol. The van der Waals surface area contributed by atoms with Crippen molar-refractivity contribution in [3.8, 4) is 0 Å². The van der Waals surface area contributed by atoms with Crippen LogP contribution in [0.2, 0.25) is 0 Å². The molecule has 1 aliphatic heterocycles. The summed E-state index contributed by atoms with van der Waals surface area (Å²) in [6, 6.07) is 2.07. The molecule has 0 aromatic heterocycles. The zero-order valence-electron chi connectivity index (χ0n) is 16.1. The molecule has 2 rings (SSSR count). The van der Waals surface area contributed by atoms with Crippen LogP contribution in [0.15, 0.2) is 4.99 Å². The number of nitrogens with zero attached hydrogens (tertiary/aromatic N) is 3. The summed E-state index contributed by atoms with van der Waals surface area (Å²) < 4.78 is 0. The molecule has 0 unspecified atom stereocenters. The Morgan fingerprint density at radius 2 is 1.83 bits per heavy atom. The van der Waals surface area contributed by atoms with E-state index in [-0.39, 0.29) is 24.0 Å². The van der Waals surface area contributed by atoms with Gasteiger partial charge >= 0.3 is 0 Å². The van der Waals surface area contributed by atoms with Gasteiger partial charge in [-0.3, -0.25) is 9.89 Å². The molecule has 0 spiro atoms. The number of aliphatic imine (C=N–C) groups is 1. The van der Waals surface area contributed by atoms with E-state index in [1.807, 2.05) is 0 Å². The van der Waals surface area contributed by atoms with Crippen LogP contribution in [0, 0.1) is 0 Å². The highest BCUT2D eigenvalue weighted by molar-refractivity contribution is 14.0. The van der Waals surface area contributed by atoms with Crippen molar-refractivity contribution < 1.29 is 0 Å². The van der Waals surface area contributed by atoms with Crippen LogP contribution in [0.5, 0.6) is 0 Å². The molecule has 1 heterocycles. The lowest BCUT2D eigenvalue weighted by atomic mass is 10.0. The standard InChI is InChI=1S/C18H37N5.HI/c1-5-19-18(20-11-14-22(6-2)17-7-8-17)21-16-9-12-23(13-10-16)15(3)4;/h15-17H,5-14H2,1-4H3,(H2,19,20,21);1H. The number of piperidine rings is 1. The van der Waals surface area contributed by atoms with Crippen molar-refractivity contribution in [2.45, 2.75) is 71.5 Å². The van der Waals surface area contributed by atoms with Gasteiger partial charge in [0.2, 0.25) is 0 Å². The first kappa shape index (κ1) is 22.0. The summed E-state index contributed by atoms with van der Waals surface area (Å²) in [5.74, 6) is 1.00. The second-order valence-corrected chi connectivity index (χ2v) is 7.17. The van der Waals surface area contributed by atoms with Gasteiger partial charge in [-0.05, 0) is 53.0 Å². The normalized spacial score (nSPS) is 20.3. The first-order chi connectivity index (χ1) is 11.1. The largest absolute Gasteiger partial charge is 0.357 e. The van der Waals surface area contributed by atoms with Gasteiger partial charge in [-0.1, -0.05) is 6.92 Å². The van der Waals surface area contributed by atoms with E-state index in [2.05, 4.69) is 48.1 Å². The van der Waals surface area contributed by atoms with Crippen LogP contribution in [0.3, 0.4) is 0 Å². The molecule has 2 fully saturated rings. The van der Waals surface area contributed by atoms with Crippen LogP contribution in [0.25, 0.3) is 0 Å². The van der Waals surface area contributed by atoms with E-state index in [4.69, 9.17) is 4.99 Å². The lowest BCUT2D eigenvalue weighted by Crippen LogP contribution is -2.50. The second kappa shape index (κ2) is 11.5. The highest BCUT2D eigenvalue weighted by Gasteiger charge is 2.27. The third-order valence-electron chi connectivity index (χ3n) is 5.07. The highest BCUT2D eigenvalue weighted by Crippen LogP contribution is 2.25. The Morgan fingerprint density at radius 3 is 2.33 bits per heavy atom. The number of hydrogen-bond donors (Lipinski definition) is 2. The quantitative estimate of drug-likeness (QED) is 0.338. The van der Waals surface area contributed by atoms with E-state index in [1.165, 1.54) is 38.8 Å². The summed E-state index contributed by atoms with van der Waals surface area (Å²) in [4.78, 5) is 9.93. The van der Waals surface area contributed by atoms with Crippen molar-refractivity contribution in [3.05, 3.63) is 0 Å². The van der Waals surface area contributed by atoms with E-state index >= 15 is 0 Å². The topological polar surface area (TPSA) is 42.9 Å². The molecule has 0 bridgehead atoms. The van der Waals surface area contributed by atoms with Crippen molar-refractivity contribution in [1.29, 1.82) is 0 Å². The first-order valence-corrected chi connectivity index (χ1v) is 9.67. The van der Waals surface area contributed by atoms with Gasteiger partial charge in [0, 0.05) is 44.3 Å². The van der Waals surface area contributed by atoms with Gasteiger partial charge in [-0.2, -0.15) is 0 Å². The molecule has 1 aliphatic carbocycles. The average Bonchev–Trinajstić information content (AvgIpc) is 3.37. The van der Waals surface area contributed by atoms with Gasteiger partial charge in [0.05, 0.1) is 6.54 Å². The van der Waals surface area contributed by atoms with Gasteiger partial charge in [0.15, 0.2) is 5.96 Å². The molecule has 2 N–H and O–H groups in total. The van der Waals surface area contributed by atoms with Crippen molar-refractivity contribution in [2.24, 2.45) is 4.99 Å². The van der Waals surface area contributed by atoms with Crippen molar-refractivity contribution >= 4 is 29.9 Å². The van der Waals surface area contributed by atoms with Gasteiger partial charge < -0.3 is 15.5 Å². The van der Waals surface area contributed by atoms with Gasteiger partial charge in [0.25, 0.3) is 0 Å². The molecular formula is C18H38IN5. The SMILES string of the molecule is CCNC(=NCCN(CC)C1CC1)NC1CCN(C(C)C)CC1.I. The maximum atomic E-state index is 4.80. The number of likely N-dealkylation sites (N-methyl/N-ethyl adjacent to an activating group) is 1. The van der Waals surface area contributed by atoms with Crippen molar-refractivity contribution in [2.75, 3.05) is 39.3 Å². The summed E-state index contributed by atoms with van der Waals surface area (Å²) in [5, 5.41) is 7.05. The number of halogens is 1. The van der Waals surface area contributed by atoms with Crippen LogP contribution in [-0.2, 0) is 0 Å². The Hall–Kier alpha value is -0.0800. The number of guanidine groups is 1. The minimum absolute atomic E-state index is 0. The zero-order chi connectivity index (χ0) is 16.7. The molecule has 0 aromatic rings. The zero-order valence-corrected chi connectivity index (χ0v) is 18.4. The predicted molar refractivity (Wildman–Crippen MR) is 115 cm³/mol. The predicted octanol–water partition coefficient (Wildman–Crippen LogP) is 2.52. The molecule has 2 aliphatic rings. The van der Waals surface area contributed by atoms with Gasteiger partial charge in [0.1, 0.15) is 0 Å². The molecule has 0 aromatic carbocycles. The lowest BCUT2D eigenvalue weighted by molar-refractivity contribution is 0.167. The van der Waals surface area contributed by atoms with Crippen molar-refractivity contribution in [1.82, 2.24) is 20.4 Å². The monoisotopic (exact) mass is 451 g/mol. The third kappa shape index (κ3) is 7.44. The molecule has 0 amide bonds. The van der Waals surface area contributed by atoms with E-state index in [0.29, 0.717) is 12.1 Å². The van der Waals surface area contributed by atoms with Crippen LogP contribution in [-0.4, -0.2) is 73.2 Å². The smallest absolute Gasteiger partial charge is 0.191 e. The van der Waals surface area contributed by atoms with Crippen LogP contribution >= 0.6 is 24.0 Å². The van der Waals surface area contributed by atoms with Crippen LogP contribution < -0.4 is 10.6 Å². The molecule has 142 valence electrons. The summed E-state index contributed by atoms with van der Waals surface area (Å²) in [5.41, 5.74) is 0. The molecule has 0 atom stereocenters. The van der Waals surface area contributed by atoms with Crippen LogP contribution in [0.4, 0.5) is 0 Å². The number of rotatable bonds is 8. The Morgan fingerprint density at radius 1 is 1.17 bits per heavy atom. The highest BCUT2D eigenvalue weighted by atomic mass is 127. The fraction of sp³-hybridized carbons (Fsp3) is 0.944. The molecule has 24 heavy (non-hydrogen) atoms. The Labute approximate surface area is 166 Å². The number of likely N-dealkylation sites (tertiary alicyclic amines) is 1. The summed E-state index contributed by atoms with van der Waals surface area (Å²) in [6.45, 7) is 15.4. The van der Waals surface area contributed by atoms with Gasteiger partial charge in [-0.25, -0.2) is 0 Å². The van der Waals surface area contributed by atoms with E-state index in [1.54, 1.807) is 0 Å². The molecular weight excluding hydrogens is 413 g/mol. The number of hydrogen-bond acceptors (Lipinski definition) is 3. The second-order valence-electron chi connectivity index (χ2n) is 7.17. The minimum atomic E-state index is 0. The Balaban J connectivity index is 0.00000288. The maximum Gasteiger partial charge on any atom is 0.191 e. The Bertz CT molecular complexity index is 362. The van der Waals surface area contributed by atoms with Crippen LogP contribution in [0.1, 0.15) is 53.4 Å². The molecule has 6 heteroatoms. The van der Waals surface area contributed by atoms with E-state index in [0.717, 1.165) is 38.2 Å². The molecule has 1 saturated heterocycles.